The summed E-state index contributed by atoms with van der Waals surface area (Å²) in [4.78, 5) is 0. The number of hydrogen-bond donors (Lipinski definition) is 2. The van der Waals surface area contributed by atoms with Gasteiger partial charge in [-0.1, -0.05) is 59.7 Å². The number of aliphatic hydroxyl groups is 2. The number of halogens is 1. The second-order valence-corrected chi connectivity index (χ2v) is 10.5. The van der Waals surface area contributed by atoms with Crippen molar-refractivity contribution in [3.05, 3.63) is 34.3 Å². The van der Waals surface area contributed by atoms with Gasteiger partial charge >= 0.3 is 0 Å². The maximum Gasteiger partial charge on any atom is 0.144 e. The molecule has 0 spiro atoms. The Morgan fingerprint density at radius 3 is 2.29 bits per heavy atom. The standard InChI is InChI=1S/C13H17BrO2Si/c1-17(2,3)9-8-12(15)13(16)10-6-4-5-7-11(10)14/h4-7,12-13,15-16H,1-3H3/t12-,13+/m0/s1. The van der Waals surface area contributed by atoms with E-state index in [9.17, 15) is 10.2 Å². The highest BCUT2D eigenvalue weighted by atomic mass is 79.9. The Hall–Kier alpha value is -0.603. The molecule has 4 heteroatoms. The molecule has 0 amide bonds. The van der Waals surface area contributed by atoms with Crippen molar-refractivity contribution in [1.29, 1.82) is 0 Å². The summed E-state index contributed by atoms with van der Waals surface area (Å²) in [7, 11) is -1.52. The van der Waals surface area contributed by atoms with Gasteiger partial charge in [0.2, 0.25) is 0 Å². The Labute approximate surface area is 112 Å². The maximum absolute atomic E-state index is 10.00. The molecule has 0 saturated heterocycles. The van der Waals surface area contributed by atoms with E-state index in [4.69, 9.17) is 0 Å². The van der Waals surface area contributed by atoms with E-state index in [1.54, 1.807) is 6.07 Å². The molecule has 0 unspecified atom stereocenters. The van der Waals surface area contributed by atoms with Crippen molar-refractivity contribution in [3.63, 3.8) is 0 Å². The summed E-state index contributed by atoms with van der Waals surface area (Å²) in [6.45, 7) is 6.28. The lowest BCUT2D eigenvalue weighted by Gasteiger charge is -2.15. The van der Waals surface area contributed by atoms with Gasteiger partial charge in [-0.15, -0.1) is 5.54 Å². The third-order valence-corrected chi connectivity index (χ3v) is 3.73. The summed E-state index contributed by atoms with van der Waals surface area (Å²) < 4.78 is 0.779. The lowest BCUT2D eigenvalue weighted by atomic mass is 10.1. The van der Waals surface area contributed by atoms with Crippen molar-refractivity contribution in [1.82, 2.24) is 0 Å². The first-order valence-electron chi connectivity index (χ1n) is 5.44. The van der Waals surface area contributed by atoms with Gasteiger partial charge in [0.15, 0.2) is 0 Å². The van der Waals surface area contributed by atoms with Crippen molar-refractivity contribution in [2.75, 3.05) is 0 Å². The quantitative estimate of drug-likeness (QED) is 0.651. The molecule has 92 valence electrons. The minimum atomic E-state index is -1.52. The molecule has 0 aliphatic rings. The van der Waals surface area contributed by atoms with Crippen molar-refractivity contribution < 1.29 is 10.2 Å². The summed E-state index contributed by atoms with van der Waals surface area (Å²) >= 11 is 3.35. The van der Waals surface area contributed by atoms with Crippen LogP contribution in [0.5, 0.6) is 0 Å². The Morgan fingerprint density at radius 1 is 1.18 bits per heavy atom. The van der Waals surface area contributed by atoms with E-state index < -0.39 is 20.3 Å². The van der Waals surface area contributed by atoms with Gasteiger partial charge in [0.1, 0.15) is 20.3 Å². The normalized spacial score (nSPS) is 14.7. The minimum Gasteiger partial charge on any atom is -0.385 e. The van der Waals surface area contributed by atoms with Gasteiger partial charge < -0.3 is 10.2 Å². The van der Waals surface area contributed by atoms with Crippen LogP contribution in [-0.4, -0.2) is 24.4 Å². The highest BCUT2D eigenvalue weighted by Crippen LogP contribution is 2.25. The minimum absolute atomic E-state index is 0.657. The molecule has 2 atom stereocenters. The zero-order valence-electron chi connectivity index (χ0n) is 10.2. The molecule has 0 radical (unpaired) electrons. The monoisotopic (exact) mass is 312 g/mol. The molecule has 17 heavy (non-hydrogen) atoms. The molecule has 0 aromatic heterocycles. The fourth-order valence-corrected chi connectivity index (χ4v) is 2.35. The fraction of sp³-hybridized carbons (Fsp3) is 0.385. The van der Waals surface area contributed by atoms with Crippen LogP contribution in [0.4, 0.5) is 0 Å². The molecule has 0 aliphatic carbocycles. The molecule has 0 bridgehead atoms. The van der Waals surface area contributed by atoms with E-state index in [1.807, 2.05) is 18.2 Å². The predicted octanol–water partition coefficient (Wildman–Crippen LogP) is 2.72. The fourth-order valence-electron chi connectivity index (χ4n) is 1.25. The number of aliphatic hydroxyl groups excluding tert-OH is 2. The van der Waals surface area contributed by atoms with Crippen LogP contribution in [0.15, 0.2) is 28.7 Å². The average Bonchev–Trinajstić information content (AvgIpc) is 2.24. The summed E-state index contributed by atoms with van der Waals surface area (Å²) in [5.41, 5.74) is 3.71. The zero-order chi connectivity index (χ0) is 13.1. The zero-order valence-corrected chi connectivity index (χ0v) is 12.8. The van der Waals surface area contributed by atoms with Crippen LogP contribution < -0.4 is 0 Å². The molecular weight excluding hydrogens is 296 g/mol. The second kappa shape index (κ2) is 5.83. The number of rotatable bonds is 2. The van der Waals surface area contributed by atoms with E-state index >= 15 is 0 Å². The molecule has 0 aliphatic heterocycles. The van der Waals surface area contributed by atoms with Crippen LogP contribution in [0.1, 0.15) is 11.7 Å². The maximum atomic E-state index is 10.00. The lowest BCUT2D eigenvalue weighted by molar-refractivity contribution is 0.0536. The van der Waals surface area contributed by atoms with Crippen LogP contribution in [-0.2, 0) is 0 Å². The van der Waals surface area contributed by atoms with Crippen LogP contribution in [0.2, 0.25) is 19.6 Å². The molecule has 2 nitrogen and oxygen atoms in total. The van der Waals surface area contributed by atoms with Crippen LogP contribution in [0.25, 0.3) is 0 Å². The van der Waals surface area contributed by atoms with Gasteiger partial charge in [-0.3, -0.25) is 0 Å². The topological polar surface area (TPSA) is 40.5 Å². The van der Waals surface area contributed by atoms with Gasteiger partial charge in [0, 0.05) is 4.47 Å². The van der Waals surface area contributed by atoms with Gasteiger partial charge in [-0.2, -0.15) is 0 Å². The summed E-state index contributed by atoms with van der Waals surface area (Å²) in [5, 5.41) is 19.8. The van der Waals surface area contributed by atoms with E-state index in [1.165, 1.54) is 0 Å². The molecule has 0 heterocycles. The summed E-state index contributed by atoms with van der Waals surface area (Å²) in [6.07, 6.45) is -2.02. The first-order chi connectivity index (χ1) is 7.81. The Bertz CT molecular complexity index is 443. The van der Waals surface area contributed by atoms with Crippen molar-refractivity contribution in [2.24, 2.45) is 0 Å². The number of benzene rings is 1. The Balaban J connectivity index is 2.87. The lowest BCUT2D eigenvalue weighted by Crippen LogP contribution is -2.21. The average molecular weight is 313 g/mol. The van der Waals surface area contributed by atoms with Crippen molar-refractivity contribution in [2.45, 2.75) is 31.8 Å². The molecule has 1 aromatic carbocycles. The van der Waals surface area contributed by atoms with E-state index in [2.05, 4.69) is 47.0 Å². The predicted molar refractivity (Wildman–Crippen MR) is 76.2 cm³/mol. The molecule has 1 rings (SSSR count). The molecule has 0 saturated carbocycles. The van der Waals surface area contributed by atoms with Gasteiger partial charge in [-0.25, -0.2) is 0 Å². The second-order valence-electron chi connectivity index (χ2n) is 4.93. The summed E-state index contributed by atoms with van der Waals surface area (Å²) in [5.74, 6) is 2.74. The van der Waals surface area contributed by atoms with Gasteiger partial charge in [0.05, 0.1) is 0 Å². The third-order valence-electron chi connectivity index (χ3n) is 2.12. The van der Waals surface area contributed by atoms with E-state index in [0.717, 1.165) is 4.47 Å². The molecule has 0 fully saturated rings. The van der Waals surface area contributed by atoms with E-state index in [-0.39, 0.29) is 0 Å². The Kier molecular flexibility index (Phi) is 4.96. The first kappa shape index (κ1) is 14.5. The highest BCUT2D eigenvalue weighted by Gasteiger charge is 2.19. The van der Waals surface area contributed by atoms with Crippen molar-refractivity contribution >= 4 is 24.0 Å². The van der Waals surface area contributed by atoms with Crippen LogP contribution >= 0.6 is 15.9 Å². The number of hydrogen-bond acceptors (Lipinski definition) is 2. The van der Waals surface area contributed by atoms with Gasteiger partial charge in [0.25, 0.3) is 0 Å². The van der Waals surface area contributed by atoms with Crippen LogP contribution in [0.3, 0.4) is 0 Å². The van der Waals surface area contributed by atoms with Gasteiger partial charge in [-0.05, 0) is 11.6 Å². The molecule has 1 aromatic rings. The van der Waals surface area contributed by atoms with Crippen molar-refractivity contribution in [3.8, 4) is 11.5 Å². The molecular formula is C13H17BrO2Si. The summed E-state index contributed by atoms with van der Waals surface area (Å²) in [6, 6.07) is 7.29. The largest absolute Gasteiger partial charge is 0.385 e. The van der Waals surface area contributed by atoms with E-state index in [0.29, 0.717) is 5.56 Å². The van der Waals surface area contributed by atoms with Crippen LogP contribution in [0, 0.1) is 11.5 Å². The highest BCUT2D eigenvalue weighted by molar-refractivity contribution is 9.10. The molecule has 2 N–H and O–H groups in total. The smallest absolute Gasteiger partial charge is 0.144 e. The SMILES string of the molecule is C[Si](C)(C)C#C[C@H](O)[C@H](O)c1ccccc1Br. The first-order valence-corrected chi connectivity index (χ1v) is 9.74. The Morgan fingerprint density at radius 2 is 1.76 bits per heavy atom. The third kappa shape index (κ3) is 4.64.